The first-order chi connectivity index (χ1) is 8.74. The monoisotopic (exact) mass is 238 g/mol. The van der Waals surface area contributed by atoms with Gasteiger partial charge >= 0.3 is 0 Å². The van der Waals surface area contributed by atoms with Gasteiger partial charge in [-0.05, 0) is 12.1 Å². The number of rotatable bonds is 1. The summed E-state index contributed by atoms with van der Waals surface area (Å²) >= 11 is 0. The maximum atomic E-state index is 11.2. The molecule has 0 aliphatic rings. The lowest BCUT2D eigenvalue weighted by Gasteiger charge is -2.02. The molecule has 0 bridgehead atoms. The molecule has 18 heavy (non-hydrogen) atoms. The highest BCUT2D eigenvalue weighted by Crippen LogP contribution is 2.17. The lowest BCUT2D eigenvalue weighted by atomic mass is 10.2. The fraction of sp³-hybridized carbons (Fsp3) is 0. The van der Waals surface area contributed by atoms with Crippen LogP contribution in [0.2, 0.25) is 0 Å². The second-order valence-electron chi connectivity index (χ2n) is 3.93. The summed E-state index contributed by atoms with van der Waals surface area (Å²) in [5.41, 5.74) is 6.97. The summed E-state index contributed by atoms with van der Waals surface area (Å²) in [4.78, 5) is 22.4. The molecule has 0 saturated carbocycles. The third-order valence-electron chi connectivity index (χ3n) is 2.68. The van der Waals surface area contributed by atoms with Crippen molar-refractivity contribution in [3.63, 3.8) is 0 Å². The van der Waals surface area contributed by atoms with Gasteiger partial charge in [-0.2, -0.15) is 0 Å². The van der Waals surface area contributed by atoms with E-state index in [-0.39, 0.29) is 11.2 Å². The summed E-state index contributed by atoms with van der Waals surface area (Å²) in [6.07, 6.45) is 3.31. The summed E-state index contributed by atoms with van der Waals surface area (Å²) in [7, 11) is 0. The maximum absolute atomic E-state index is 11.2. The lowest BCUT2D eigenvalue weighted by molar-refractivity contribution is 1.19. The summed E-state index contributed by atoms with van der Waals surface area (Å²) in [5, 5.41) is 0.971. The number of benzene rings is 1. The van der Waals surface area contributed by atoms with Gasteiger partial charge in [0.1, 0.15) is 0 Å². The van der Waals surface area contributed by atoms with Crippen LogP contribution in [0.25, 0.3) is 22.3 Å². The number of nitrogens with one attached hydrogen (secondary N) is 1. The molecule has 2 aromatic heterocycles. The molecule has 2 heterocycles. The minimum atomic E-state index is -0.306. The molecule has 1 aromatic carbocycles. The molecule has 0 atom stereocenters. The zero-order valence-electron chi connectivity index (χ0n) is 9.42. The molecule has 5 heteroatoms. The first-order valence-corrected chi connectivity index (χ1v) is 5.44. The van der Waals surface area contributed by atoms with Crippen molar-refractivity contribution >= 4 is 16.6 Å². The molecule has 0 aliphatic carbocycles. The second kappa shape index (κ2) is 3.96. The van der Waals surface area contributed by atoms with Crippen molar-refractivity contribution in [3.8, 4) is 11.4 Å². The number of fused-ring (bicyclic) bond motifs is 1. The number of hydrogen-bond donors (Lipinski definition) is 2. The van der Waals surface area contributed by atoms with Crippen molar-refractivity contribution < 1.29 is 0 Å². The van der Waals surface area contributed by atoms with Gasteiger partial charge in [0.05, 0.1) is 11.2 Å². The third-order valence-corrected chi connectivity index (χ3v) is 2.68. The molecule has 3 N–H and O–H groups in total. The minimum Gasteiger partial charge on any atom is -0.394 e. The standard InChI is InChI=1S/C13H10N4O/c14-10-5-9(7-16-13(10)18)12-15-6-8-3-1-2-4-11(8)17-12/h1-7H,14H2,(H,16,18). The fourth-order valence-corrected chi connectivity index (χ4v) is 1.74. The van der Waals surface area contributed by atoms with Gasteiger partial charge in [-0.15, -0.1) is 0 Å². The van der Waals surface area contributed by atoms with Crippen molar-refractivity contribution in [2.75, 3.05) is 5.73 Å². The average Bonchev–Trinajstić information content (AvgIpc) is 2.41. The van der Waals surface area contributed by atoms with Crippen LogP contribution in [0.3, 0.4) is 0 Å². The molecule has 0 unspecified atom stereocenters. The van der Waals surface area contributed by atoms with E-state index in [0.717, 1.165) is 10.9 Å². The van der Waals surface area contributed by atoms with Crippen LogP contribution >= 0.6 is 0 Å². The van der Waals surface area contributed by atoms with Gasteiger partial charge in [0.15, 0.2) is 5.82 Å². The Hall–Kier alpha value is -2.69. The Kier molecular flexibility index (Phi) is 2.30. The Balaban J connectivity index is 2.19. The molecule has 3 aromatic rings. The predicted octanol–water partition coefficient (Wildman–Crippen LogP) is 1.57. The zero-order chi connectivity index (χ0) is 12.5. The number of pyridine rings is 1. The molecule has 0 spiro atoms. The van der Waals surface area contributed by atoms with E-state index < -0.39 is 0 Å². The normalized spacial score (nSPS) is 10.7. The quantitative estimate of drug-likeness (QED) is 0.673. The molecule has 3 rings (SSSR count). The van der Waals surface area contributed by atoms with Gasteiger partial charge in [0, 0.05) is 23.3 Å². The van der Waals surface area contributed by atoms with Crippen LogP contribution in [0.4, 0.5) is 5.69 Å². The smallest absolute Gasteiger partial charge is 0.271 e. The van der Waals surface area contributed by atoms with E-state index in [1.54, 1.807) is 18.5 Å². The fourth-order valence-electron chi connectivity index (χ4n) is 1.74. The van der Waals surface area contributed by atoms with Crippen LogP contribution in [0, 0.1) is 0 Å². The van der Waals surface area contributed by atoms with E-state index in [1.165, 1.54) is 0 Å². The Bertz CT molecular complexity index is 779. The van der Waals surface area contributed by atoms with Gasteiger partial charge < -0.3 is 10.7 Å². The average molecular weight is 238 g/mol. The Labute approximate surface area is 102 Å². The maximum Gasteiger partial charge on any atom is 0.271 e. The number of nitrogens with zero attached hydrogens (tertiary/aromatic N) is 2. The van der Waals surface area contributed by atoms with Crippen LogP contribution in [0.1, 0.15) is 0 Å². The number of para-hydroxylation sites is 1. The summed E-state index contributed by atoms with van der Waals surface area (Å²) in [5.74, 6) is 0.539. The van der Waals surface area contributed by atoms with E-state index in [2.05, 4.69) is 15.0 Å². The first-order valence-electron chi connectivity index (χ1n) is 5.44. The number of nitrogen functional groups attached to an aromatic ring is 1. The minimum absolute atomic E-state index is 0.157. The van der Waals surface area contributed by atoms with Crippen molar-refractivity contribution in [2.24, 2.45) is 0 Å². The predicted molar refractivity (Wildman–Crippen MR) is 70.0 cm³/mol. The number of hydrogen-bond acceptors (Lipinski definition) is 4. The molecule has 5 nitrogen and oxygen atoms in total. The first kappa shape index (κ1) is 10.5. The van der Waals surface area contributed by atoms with E-state index in [1.807, 2.05) is 24.3 Å². The van der Waals surface area contributed by atoms with Crippen molar-refractivity contribution in [2.45, 2.75) is 0 Å². The number of aromatic amines is 1. The van der Waals surface area contributed by atoms with Crippen LogP contribution in [-0.2, 0) is 0 Å². The number of aromatic nitrogens is 3. The SMILES string of the molecule is Nc1cc(-c2ncc3ccccc3n2)c[nH]c1=O. The summed E-state index contributed by atoms with van der Waals surface area (Å²) < 4.78 is 0. The van der Waals surface area contributed by atoms with Crippen molar-refractivity contribution in [1.82, 2.24) is 15.0 Å². The lowest BCUT2D eigenvalue weighted by Crippen LogP contribution is -2.10. The van der Waals surface area contributed by atoms with Crippen LogP contribution in [0.15, 0.2) is 47.5 Å². The highest BCUT2D eigenvalue weighted by Gasteiger charge is 2.04. The number of H-pyrrole nitrogens is 1. The highest BCUT2D eigenvalue weighted by molar-refractivity contribution is 5.79. The molecule has 0 aliphatic heterocycles. The summed E-state index contributed by atoms with van der Waals surface area (Å²) in [6, 6.07) is 9.28. The van der Waals surface area contributed by atoms with Gasteiger partial charge in [-0.25, -0.2) is 9.97 Å². The Morgan fingerprint density at radius 3 is 2.89 bits per heavy atom. The van der Waals surface area contributed by atoms with Gasteiger partial charge in [-0.1, -0.05) is 18.2 Å². The van der Waals surface area contributed by atoms with Crippen LogP contribution in [-0.4, -0.2) is 15.0 Å². The van der Waals surface area contributed by atoms with E-state index >= 15 is 0 Å². The van der Waals surface area contributed by atoms with Crippen molar-refractivity contribution in [3.05, 3.63) is 53.1 Å². The van der Waals surface area contributed by atoms with Crippen LogP contribution in [0.5, 0.6) is 0 Å². The van der Waals surface area contributed by atoms with Gasteiger partial charge in [0.2, 0.25) is 0 Å². The highest BCUT2D eigenvalue weighted by atomic mass is 16.1. The second-order valence-corrected chi connectivity index (χ2v) is 3.93. The molecule has 0 fully saturated rings. The van der Waals surface area contributed by atoms with Gasteiger partial charge in [0.25, 0.3) is 5.56 Å². The molecule has 0 saturated heterocycles. The van der Waals surface area contributed by atoms with Crippen LogP contribution < -0.4 is 11.3 Å². The Morgan fingerprint density at radius 1 is 1.22 bits per heavy atom. The molecule has 88 valence electrons. The Morgan fingerprint density at radius 2 is 2.06 bits per heavy atom. The van der Waals surface area contributed by atoms with E-state index in [0.29, 0.717) is 11.4 Å². The molecule has 0 radical (unpaired) electrons. The zero-order valence-corrected chi connectivity index (χ0v) is 9.42. The largest absolute Gasteiger partial charge is 0.394 e. The molecular formula is C13H10N4O. The summed E-state index contributed by atoms with van der Waals surface area (Å²) in [6.45, 7) is 0. The van der Waals surface area contributed by atoms with E-state index in [4.69, 9.17) is 5.73 Å². The third kappa shape index (κ3) is 1.71. The topological polar surface area (TPSA) is 84.7 Å². The molecular weight excluding hydrogens is 228 g/mol. The van der Waals surface area contributed by atoms with E-state index in [9.17, 15) is 4.79 Å². The van der Waals surface area contributed by atoms with Crippen molar-refractivity contribution in [1.29, 1.82) is 0 Å². The molecule has 0 amide bonds. The van der Waals surface area contributed by atoms with Gasteiger partial charge in [-0.3, -0.25) is 4.79 Å². The number of anilines is 1. The number of nitrogens with two attached hydrogens (primary N) is 1.